The molecule has 4 aromatic rings. The van der Waals surface area contributed by atoms with Gasteiger partial charge >= 0.3 is 0 Å². The first kappa shape index (κ1) is 27.3. The second-order valence-corrected chi connectivity index (χ2v) is 11.7. The van der Waals surface area contributed by atoms with Crippen molar-refractivity contribution in [2.24, 2.45) is 7.05 Å². The fourth-order valence-electron chi connectivity index (χ4n) is 4.34. The lowest BCUT2D eigenvalue weighted by Crippen LogP contribution is -2.30. The van der Waals surface area contributed by atoms with Gasteiger partial charge in [0, 0.05) is 42.2 Å². The molecule has 0 atom stereocenters. The largest absolute Gasteiger partial charge is 0.350 e. The van der Waals surface area contributed by atoms with Crippen molar-refractivity contribution in [3.8, 4) is 11.1 Å². The third-order valence-corrected chi connectivity index (χ3v) is 7.30. The van der Waals surface area contributed by atoms with Gasteiger partial charge in [-0.15, -0.1) is 0 Å². The van der Waals surface area contributed by atoms with Gasteiger partial charge in [0.2, 0.25) is 0 Å². The molecule has 1 amide bonds. The van der Waals surface area contributed by atoms with Gasteiger partial charge in [0.05, 0.1) is 23.7 Å². The van der Waals surface area contributed by atoms with E-state index in [1.807, 2.05) is 30.3 Å². The molecule has 0 saturated heterocycles. The van der Waals surface area contributed by atoms with Crippen LogP contribution in [0.2, 0.25) is 5.02 Å². The van der Waals surface area contributed by atoms with Crippen molar-refractivity contribution in [3.05, 3.63) is 87.1 Å². The topological polar surface area (TPSA) is 120 Å². The minimum atomic E-state index is -3.23. The number of hydrogen-bond donors (Lipinski definition) is 1. The Morgan fingerprint density at radius 3 is 2.42 bits per heavy atom. The highest BCUT2D eigenvalue weighted by molar-refractivity contribution is 7.90. The van der Waals surface area contributed by atoms with E-state index in [9.17, 15) is 22.8 Å². The number of sulfone groups is 1. The number of fused-ring (bicyclic) bond motifs is 1. The lowest BCUT2D eigenvalue weighted by atomic mass is 9.94. The molecular weight excluding hydrogens is 528 g/mol. The molecule has 0 aliphatic rings. The van der Waals surface area contributed by atoms with Crippen LogP contribution in [0.3, 0.4) is 0 Å². The summed E-state index contributed by atoms with van der Waals surface area (Å²) < 4.78 is 25.5. The lowest BCUT2D eigenvalue weighted by Gasteiger charge is -2.19. The Bertz CT molecular complexity index is 1710. The SMILES string of the molecule is CCC(=O)c1c(-c2ccccc2)c2cc(Cl)ccc2c(=O)n1Cc1cc(C(=O)NCCS(C)(=O)=O)n(C)n1. The number of carbonyl (C=O) groups is 2. The van der Waals surface area contributed by atoms with Crippen molar-refractivity contribution in [1.82, 2.24) is 19.7 Å². The van der Waals surface area contributed by atoms with E-state index in [1.54, 1.807) is 32.2 Å². The molecular formula is C27H27ClN4O5S. The molecule has 2 aromatic heterocycles. The van der Waals surface area contributed by atoms with Crippen LogP contribution in [0.4, 0.5) is 0 Å². The van der Waals surface area contributed by atoms with Crippen LogP contribution in [0.15, 0.2) is 59.4 Å². The van der Waals surface area contributed by atoms with Crippen molar-refractivity contribution in [2.45, 2.75) is 19.9 Å². The average Bonchev–Trinajstić information content (AvgIpc) is 3.24. The average molecular weight is 555 g/mol. The minimum absolute atomic E-state index is 0.0412. The van der Waals surface area contributed by atoms with Crippen LogP contribution in [0, 0.1) is 0 Å². The zero-order chi connectivity index (χ0) is 27.6. The van der Waals surface area contributed by atoms with Crippen LogP contribution < -0.4 is 10.9 Å². The van der Waals surface area contributed by atoms with E-state index >= 15 is 0 Å². The van der Waals surface area contributed by atoms with Crippen LogP contribution in [-0.4, -0.2) is 53.0 Å². The minimum Gasteiger partial charge on any atom is -0.350 e. The highest BCUT2D eigenvalue weighted by Crippen LogP contribution is 2.33. The van der Waals surface area contributed by atoms with E-state index in [-0.39, 0.29) is 48.0 Å². The molecule has 9 nitrogen and oxygen atoms in total. The molecule has 2 heterocycles. The summed E-state index contributed by atoms with van der Waals surface area (Å²) in [5.74, 6) is -0.909. The highest BCUT2D eigenvalue weighted by Gasteiger charge is 2.24. The fourth-order valence-corrected chi connectivity index (χ4v) is 4.99. The van der Waals surface area contributed by atoms with Gasteiger partial charge in [-0.2, -0.15) is 5.10 Å². The molecule has 0 saturated carbocycles. The lowest BCUT2D eigenvalue weighted by molar-refractivity contribution is 0.0945. The Labute approximate surface area is 225 Å². The van der Waals surface area contributed by atoms with Crippen molar-refractivity contribution < 1.29 is 18.0 Å². The van der Waals surface area contributed by atoms with Gasteiger partial charge in [-0.25, -0.2) is 8.42 Å². The number of halogens is 1. The van der Waals surface area contributed by atoms with Gasteiger partial charge in [0.15, 0.2) is 5.78 Å². The van der Waals surface area contributed by atoms with Gasteiger partial charge < -0.3 is 5.32 Å². The number of Topliss-reactive ketones (excluding diaryl/α,β-unsaturated/α-hetero) is 1. The van der Waals surface area contributed by atoms with Crippen LogP contribution in [-0.2, 0) is 23.4 Å². The highest BCUT2D eigenvalue weighted by atomic mass is 35.5. The van der Waals surface area contributed by atoms with Crippen LogP contribution in [0.5, 0.6) is 0 Å². The normalized spacial score (nSPS) is 11.6. The summed E-state index contributed by atoms with van der Waals surface area (Å²) in [6, 6.07) is 15.8. The number of pyridine rings is 1. The Hall–Kier alpha value is -3.76. The van der Waals surface area contributed by atoms with Gasteiger partial charge in [0.25, 0.3) is 11.5 Å². The van der Waals surface area contributed by atoms with Gasteiger partial charge in [-0.1, -0.05) is 48.9 Å². The molecule has 4 rings (SSSR count). The number of benzene rings is 2. The summed E-state index contributed by atoms with van der Waals surface area (Å²) in [5.41, 5.74) is 1.81. The van der Waals surface area contributed by atoms with E-state index in [0.717, 1.165) is 11.8 Å². The molecule has 2 aromatic carbocycles. The van der Waals surface area contributed by atoms with E-state index in [0.29, 0.717) is 27.1 Å². The maximum Gasteiger partial charge on any atom is 0.269 e. The zero-order valence-corrected chi connectivity index (χ0v) is 22.8. The third kappa shape index (κ3) is 5.71. The molecule has 0 aliphatic heterocycles. The molecule has 0 bridgehead atoms. The maximum absolute atomic E-state index is 13.7. The number of nitrogens with zero attached hydrogens (tertiary/aromatic N) is 3. The summed E-state index contributed by atoms with van der Waals surface area (Å²) in [6.45, 7) is 1.64. The predicted octanol–water partition coefficient (Wildman–Crippen LogP) is 3.47. The number of rotatable bonds is 9. The Morgan fingerprint density at radius 2 is 1.76 bits per heavy atom. The number of carbonyl (C=O) groups excluding carboxylic acids is 2. The number of hydrogen-bond acceptors (Lipinski definition) is 6. The van der Waals surface area contributed by atoms with E-state index in [1.165, 1.54) is 15.3 Å². The number of aromatic nitrogens is 3. The quantitative estimate of drug-likeness (QED) is 0.316. The second kappa shape index (κ2) is 10.9. The van der Waals surface area contributed by atoms with Gasteiger partial charge in [-0.05, 0) is 35.2 Å². The molecule has 0 fully saturated rings. The summed E-state index contributed by atoms with van der Waals surface area (Å²) >= 11 is 6.30. The Balaban J connectivity index is 1.85. The number of aryl methyl sites for hydroxylation is 1. The molecule has 0 spiro atoms. The summed E-state index contributed by atoms with van der Waals surface area (Å²) in [5, 5.41) is 8.38. The van der Waals surface area contributed by atoms with Crippen molar-refractivity contribution >= 4 is 43.9 Å². The first-order valence-electron chi connectivity index (χ1n) is 11.9. The molecule has 0 aliphatic carbocycles. The molecule has 11 heteroatoms. The zero-order valence-electron chi connectivity index (χ0n) is 21.2. The predicted molar refractivity (Wildman–Crippen MR) is 148 cm³/mol. The first-order valence-corrected chi connectivity index (χ1v) is 14.4. The Morgan fingerprint density at radius 1 is 1.05 bits per heavy atom. The van der Waals surface area contributed by atoms with Crippen molar-refractivity contribution in [1.29, 1.82) is 0 Å². The molecule has 0 unspecified atom stereocenters. The summed E-state index contributed by atoms with van der Waals surface area (Å²) in [6.07, 6.45) is 1.26. The molecule has 38 heavy (non-hydrogen) atoms. The third-order valence-electron chi connectivity index (χ3n) is 6.12. The Kier molecular flexibility index (Phi) is 7.84. The van der Waals surface area contributed by atoms with Gasteiger partial charge in [0.1, 0.15) is 15.5 Å². The summed E-state index contributed by atoms with van der Waals surface area (Å²) in [7, 11) is -1.65. The standard InChI is InChI=1S/C27H27ClN4O5S/c1-4-23(33)25-24(17-8-6-5-7-9-17)21-14-18(28)10-11-20(21)27(35)32(25)16-19-15-22(31(2)30-19)26(34)29-12-13-38(3,36)37/h5-11,14-15H,4,12-13,16H2,1-3H3,(H,29,34). The number of amides is 1. The first-order chi connectivity index (χ1) is 18.0. The van der Waals surface area contributed by atoms with E-state index in [4.69, 9.17) is 11.6 Å². The van der Waals surface area contributed by atoms with Crippen LogP contribution in [0.1, 0.15) is 40.0 Å². The summed E-state index contributed by atoms with van der Waals surface area (Å²) in [4.78, 5) is 39.7. The number of ketones is 1. The molecule has 198 valence electrons. The molecule has 0 radical (unpaired) electrons. The van der Waals surface area contributed by atoms with Crippen LogP contribution >= 0.6 is 11.6 Å². The smallest absolute Gasteiger partial charge is 0.269 e. The molecule has 1 N–H and O–H groups in total. The van der Waals surface area contributed by atoms with E-state index in [2.05, 4.69) is 10.4 Å². The maximum atomic E-state index is 13.7. The van der Waals surface area contributed by atoms with Gasteiger partial charge in [-0.3, -0.25) is 23.6 Å². The van der Waals surface area contributed by atoms with Crippen LogP contribution in [0.25, 0.3) is 21.9 Å². The van der Waals surface area contributed by atoms with Crippen molar-refractivity contribution in [2.75, 3.05) is 18.6 Å². The second-order valence-electron chi connectivity index (χ2n) is 8.98. The monoisotopic (exact) mass is 554 g/mol. The van der Waals surface area contributed by atoms with E-state index < -0.39 is 15.7 Å². The fraction of sp³-hybridized carbons (Fsp3) is 0.259. The number of nitrogens with one attached hydrogen (secondary N) is 1. The van der Waals surface area contributed by atoms with Crippen molar-refractivity contribution in [3.63, 3.8) is 0 Å².